The summed E-state index contributed by atoms with van der Waals surface area (Å²) in [4.78, 5) is 14.8. The van der Waals surface area contributed by atoms with Gasteiger partial charge in [-0.15, -0.1) is 0 Å². The molecule has 1 aromatic rings. The van der Waals surface area contributed by atoms with Crippen molar-refractivity contribution in [3.8, 4) is 0 Å². The number of carbonyl (C=O) groups excluding carboxylic acids is 1. The van der Waals surface area contributed by atoms with Gasteiger partial charge in [-0.3, -0.25) is 4.79 Å². The van der Waals surface area contributed by atoms with Crippen LogP contribution in [0.2, 0.25) is 0 Å². The minimum absolute atomic E-state index is 0.180. The zero-order valence-electron chi connectivity index (χ0n) is 11.6. The van der Waals surface area contributed by atoms with Crippen molar-refractivity contribution in [3.63, 3.8) is 0 Å². The number of ether oxygens (including phenoxy) is 1. The predicted octanol–water partition coefficient (Wildman–Crippen LogP) is 2.05. The van der Waals surface area contributed by atoms with E-state index in [1.807, 2.05) is 17.0 Å². The summed E-state index contributed by atoms with van der Waals surface area (Å²) in [5.41, 5.74) is 3.29. The van der Waals surface area contributed by atoms with E-state index in [2.05, 4.69) is 11.4 Å². The first-order chi connectivity index (χ1) is 9.83. The van der Waals surface area contributed by atoms with Crippen LogP contribution >= 0.6 is 0 Å². The maximum atomic E-state index is 12.8. The van der Waals surface area contributed by atoms with Crippen molar-refractivity contribution in [2.45, 2.75) is 37.8 Å². The predicted molar refractivity (Wildman–Crippen MR) is 77.1 cm³/mol. The summed E-state index contributed by atoms with van der Waals surface area (Å²) in [6, 6.07) is 6.36. The second-order valence-electron chi connectivity index (χ2n) is 5.95. The Balaban J connectivity index is 1.60. The van der Waals surface area contributed by atoms with E-state index < -0.39 is 0 Å². The normalized spacial score (nSPS) is 27.9. The van der Waals surface area contributed by atoms with Crippen LogP contribution in [0.3, 0.4) is 0 Å². The molecule has 4 rings (SSSR count). The molecule has 2 aliphatic heterocycles. The van der Waals surface area contributed by atoms with Gasteiger partial charge in [0, 0.05) is 24.3 Å². The molecule has 1 saturated carbocycles. The van der Waals surface area contributed by atoms with Gasteiger partial charge < -0.3 is 15.0 Å². The number of carbonyl (C=O) groups is 1. The third kappa shape index (κ3) is 1.90. The van der Waals surface area contributed by atoms with E-state index in [9.17, 15) is 4.79 Å². The molecule has 0 spiro atoms. The van der Waals surface area contributed by atoms with Crippen molar-refractivity contribution in [2.24, 2.45) is 0 Å². The topological polar surface area (TPSA) is 41.6 Å². The number of hydrogen-bond donors (Lipinski definition) is 1. The summed E-state index contributed by atoms with van der Waals surface area (Å²) in [5.74, 6) is 0.180. The summed E-state index contributed by atoms with van der Waals surface area (Å²) < 4.78 is 5.79. The largest absolute Gasteiger partial charge is 0.384 e. The van der Waals surface area contributed by atoms with Gasteiger partial charge >= 0.3 is 0 Å². The highest BCUT2D eigenvalue weighted by Gasteiger charge is 2.38. The number of nitrogens with one attached hydrogen (secondary N) is 1. The molecule has 4 heteroatoms. The van der Waals surface area contributed by atoms with Gasteiger partial charge in [0.2, 0.25) is 0 Å². The number of fused-ring (bicyclic) bond motifs is 2. The molecule has 0 aromatic heterocycles. The lowest BCUT2D eigenvalue weighted by molar-refractivity contribution is -0.0445. The molecular weight excluding hydrogens is 252 g/mol. The first-order valence-electron chi connectivity index (χ1n) is 7.62. The number of anilines is 1. The fraction of sp³-hybridized carbons (Fsp3) is 0.562. The lowest BCUT2D eigenvalue weighted by Crippen LogP contribution is -2.51. The molecule has 1 aliphatic carbocycles. The first-order valence-corrected chi connectivity index (χ1v) is 7.62. The van der Waals surface area contributed by atoms with E-state index in [4.69, 9.17) is 4.74 Å². The maximum Gasteiger partial charge on any atom is 0.254 e. The quantitative estimate of drug-likeness (QED) is 0.850. The zero-order valence-corrected chi connectivity index (χ0v) is 11.6. The van der Waals surface area contributed by atoms with Crippen LogP contribution < -0.4 is 5.32 Å². The van der Waals surface area contributed by atoms with Crippen LogP contribution in [-0.2, 0) is 11.2 Å². The van der Waals surface area contributed by atoms with Crippen molar-refractivity contribution in [1.29, 1.82) is 0 Å². The molecule has 0 bridgehead atoms. The lowest BCUT2D eigenvalue weighted by Gasteiger charge is -2.37. The lowest BCUT2D eigenvalue weighted by atomic mass is 10.0. The second kappa shape index (κ2) is 4.77. The smallest absolute Gasteiger partial charge is 0.254 e. The summed E-state index contributed by atoms with van der Waals surface area (Å²) in [7, 11) is 0. The molecule has 2 heterocycles. The minimum Gasteiger partial charge on any atom is -0.384 e. The Morgan fingerprint density at radius 1 is 1.35 bits per heavy atom. The average Bonchev–Trinajstić information content (AvgIpc) is 3.13. The van der Waals surface area contributed by atoms with Gasteiger partial charge in [-0.1, -0.05) is 0 Å². The molecule has 2 fully saturated rings. The van der Waals surface area contributed by atoms with Gasteiger partial charge in [0.15, 0.2) is 0 Å². The highest BCUT2D eigenvalue weighted by atomic mass is 16.5. The molecule has 1 aromatic carbocycles. The summed E-state index contributed by atoms with van der Waals surface area (Å²) in [6.07, 6.45) is 4.65. The van der Waals surface area contributed by atoms with Crippen LogP contribution in [0.4, 0.5) is 5.69 Å². The van der Waals surface area contributed by atoms with Gasteiger partial charge in [-0.2, -0.15) is 0 Å². The molecule has 1 saturated heterocycles. The third-order valence-corrected chi connectivity index (χ3v) is 4.80. The Hall–Kier alpha value is -1.55. The third-order valence-electron chi connectivity index (χ3n) is 4.80. The highest BCUT2D eigenvalue weighted by Crippen LogP contribution is 2.31. The van der Waals surface area contributed by atoms with E-state index in [1.54, 1.807) is 0 Å². The molecule has 3 aliphatic rings. The zero-order chi connectivity index (χ0) is 13.5. The first kappa shape index (κ1) is 12.2. The number of morpholine rings is 1. The van der Waals surface area contributed by atoms with Gasteiger partial charge in [0.1, 0.15) is 0 Å². The summed E-state index contributed by atoms with van der Waals surface area (Å²) in [6.45, 7) is 2.39. The number of rotatable bonds is 1. The number of nitrogens with zero attached hydrogens (tertiary/aromatic N) is 1. The molecular formula is C16H20N2O2. The van der Waals surface area contributed by atoms with Crippen molar-refractivity contribution in [2.75, 3.05) is 25.0 Å². The Morgan fingerprint density at radius 2 is 2.30 bits per heavy atom. The van der Waals surface area contributed by atoms with Crippen LogP contribution in [0.1, 0.15) is 35.2 Å². The number of hydrogen-bond acceptors (Lipinski definition) is 3. The van der Waals surface area contributed by atoms with E-state index in [0.29, 0.717) is 12.6 Å². The van der Waals surface area contributed by atoms with Crippen molar-refractivity contribution in [3.05, 3.63) is 29.3 Å². The molecule has 1 N–H and O–H groups in total. The van der Waals surface area contributed by atoms with Crippen molar-refractivity contribution >= 4 is 11.6 Å². The van der Waals surface area contributed by atoms with E-state index in [-0.39, 0.29) is 12.0 Å². The standard InChI is InChI=1S/C16H20N2O2/c19-16(12-4-5-13-11(10-12)6-7-17-13)18-8-9-20-15-3-1-2-14(15)18/h4-5,10,14-15,17H,1-3,6-9H2. The summed E-state index contributed by atoms with van der Waals surface area (Å²) >= 11 is 0. The Morgan fingerprint density at radius 3 is 3.25 bits per heavy atom. The van der Waals surface area contributed by atoms with E-state index >= 15 is 0 Å². The van der Waals surface area contributed by atoms with E-state index in [1.165, 1.54) is 17.7 Å². The highest BCUT2D eigenvalue weighted by molar-refractivity contribution is 5.95. The van der Waals surface area contributed by atoms with Gasteiger partial charge in [0.25, 0.3) is 5.91 Å². The Labute approximate surface area is 119 Å². The molecule has 1 amide bonds. The second-order valence-corrected chi connectivity index (χ2v) is 5.95. The average molecular weight is 272 g/mol. The molecule has 2 atom stereocenters. The van der Waals surface area contributed by atoms with Crippen LogP contribution in [0.15, 0.2) is 18.2 Å². The van der Waals surface area contributed by atoms with Crippen LogP contribution in [0.25, 0.3) is 0 Å². The van der Waals surface area contributed by atoms with Crippen molar-refractivity contribution in [1.82, 2.24) is 4.90 Å². The van der Waals surface area contributed by atoms with Crippen LogP contribution in [0.5, 0.6) is 0 Å². The molecule has 106 valence electrons. The van der Waals surface area contributed by atoms with Crippen LogP contribution in [-0.4, -0.2) is 42.6 Å². The Bertz CT molecular complexity index is 543. The summed E-state index contributed by atoms with van der Waals surface area (Å²) in [5, 5.41) is 3.34. The fourth-order valence-electron chi connectivity index (χ4n) is 3.78. The van der Waals surface area contributed by atoms with Gasteiger partial charge in [-0.05, 0) is 49.4 Å². The van der Waals surface area contributed by atoms with Crippen LogP contribution in [0, 0.1) is 0 Å². The Kier molecular flexibility index (Phi) is 2.91. The van der Waals surface area contributed by atoms with Gasteiger partial charge in [-0.25, -0.2) is 0 Å². The molecule has 2 unspecified atom stereocenters. The molecule has 4 nitrogen and oxygen atoms in total. The molecule has 20 heavy (non-hydrogen) atoms. The number of amides is 1. The fourth-order valence-corrected chi connectivity index (χ4v) is 3.78. The molecule has 0 radical (unpaired) electrons. The number of benzene rings is 1. The van der Waals surface area contributed by atoms with Crippen molar-refractivity contribution < 1.29 is 9.53 Å². The van der Waals surface area contributed by atoms with Gasteiger partial charge in [0.05, 0.1) is 18.8 Å². The maximum absolute atomic E-state index is 12.8. The van der Waals surface area contributed by atoms with E-state index in [0.717, 1.165) is 37.9 Å². The SMILES string of the molecule is O=C(c1ccc2c(c1)CCN2)N1CCOC2CCCC21. The monoisotopic (exact) mass is 272 g/mol. The minimum atomic E-state index is 0.180.